The number of rotatable bonds is 6. The van der Waals surface area contributed by atoms with Crippen LogP contribution >= 0.6 is 0 Å². The molecule has 0 saturated heterocycles. The summed E-state index contributed by atoms with van der Waals surface area (Å²) < 4.78 is 0. The van der Waals surface area contributed by atoms with Crippen molar-refractivity contribution in [2.24, 2.45) is 5.73 Å². The number of benzene rings is 3. The van der Waals surface area contributed by atoms with Crippen LogP contribution in [0.1, 0.15) is 26.3 Å². The number of carbonyl (C=O) groups excluding carboxylic acids is 2. The van der Waals surface area contributed by atoms with E-state index in [4.69, 9.17) is 5.73 Å². The molecule has 0 radical (unpaired) electrons. The first-order valence-corrected chi connectivity index (χ1v) is 8.21. The van der Waals surface area contributed by atoms with Gasteiger partial charge in [-0.1, -0.05) is 42.5 Å². The first-order chi connectivity index (χ1) is 12.6. The second-order valence-electron chi connectivity index (χ2n) is 5.78. The Morgan fingerprint density at radius 3 is 2.35 bits per heavy atom. The van der Waals surface area contributed by atoms with Gasteiger partial charge in [0.1, 0.15) is 0 Å². The highest BCUT2D eigenvalue weighted by Crippen LogP contribution is 2.20. The van der Waals surface area contributed by atoms with Gasteiger partial charge in [0, 0.05) is 17.8 Å². The molecule has 0 unspecified atom stereocenters. The zero-order valence-corrected chi connectivity index (χ0v) is 14.1. The first-order valence-electron chi connectivity index (χ1n) is 8.21. The Kier molecular flexibility index (Phi) is 5.29. The lowest BCUT2D eigenvalue weighted by Crippen LogP contribution is -2.24. The molecule has 0 bridgehead atoms. The molecule has 0 spiro atoms. The lowest BCUT2D eigenvalue weighted by molar-refractivity contribution is 0.0951. The average molecular weight is 345 g/mol. The molecule has 0 aliphatic carbocycles. The van der Waals surface area contributed by atoms with Gasteiger partial charge in [0.15, 0.2) is 0 Å². The number of anilines is 2. The van der Waals surface area contributed by atoms with Gasteiger partial charge in [0.2, 0.25) is 5.91 Å². The maximum Gasteiger partial charge on any atom is 0.253 e. The molecular formula is C21H19N3O2. The van der Waals surface area contributed by atoms with Gasteiger partial charge in [0.05, 0.1) is 11.3 Å². The highest BCUT2D eigenvalue weighted by Gasteiger charge is 2.11. The quantitative estimate of drug-likeness (QED) is 0.640. The lowest BCUT2D eigenvalue weighted by atomic mass is 10.1. The van der Waals surface area contributed by atoms with Gasteiger partial charge in [-0.05, 0) is 42.0 Å². The fourth-order valence-corrected chi connectivity index (χ4v) is 2.58. The molecule has 0 saturated carbocycles. The minimum atomic E-state index is -0.490. The third-order valence-electron chi connectivity index (χ3n) is 3.89. The zero-order valence-electron chi connectivity index (χ0n) is 14.1. The van der Waals surface area contributed by atoms with Gasteiger partial charge < -0.3 is 16.4 Å². The van der Waals surface area contributed by atoms with E-state index in [1.54, 1.807) is 24.3 Å². The van der Waals surface area contributed by atoms with Crippen LogP contribution in [0, 0.1) is 0 Å². The molecule has 2 amide bonds. The van der Waals surface area contributed by atoms with Crippen molar-refractivity contribution in [3.05, 3.63) is 95.6 Å². The molecule has 130 valence electrons. The monoisotopic (exact) mass is 345 g/mol. The Bertz CT molecular complexity index is 923. The number of nitrogens with two attached hydrogens (primary N) is 1. The predicted molar refractivity (Wildman–Crippen MR) is 102 cm³/mol. The number of carbonyl (C=O) groups is 2. The second-order valence-corrected chi connectivity index (χ2v) is 5.78. The van der Waals surface area contributed by atoms with Crippen LogP contribution < -0.4 is 16.4 Å². The van der Waals surface area contributed by atoms with Crippen LogP contribution in [0.5, 0.6) is 0 Å². The topological polar surface area (TPSA) is 84.2 Å². The summed E-state index contributed by atoms with van der Waals surface area (Å²) in [5, 5.41) is 6.13. The average Bonchev–Trinajstić information content (AvgIpc) is 2.67. The van der Waals surface area contributed by atoms with E-state index < -0.39 is 5.91 Å². The molecule has 0 aliphatic heterocycles. The molecule has 0 aliphatic rings. The maximum atomic E-state index is 12.6. The van der Waals surface area contributed by atoms with Crippen molar-refractivity contribution in [3.8, 4) is 0 Å². The second kappa shape index (κ2) is 7.98. The Balaban J connectivity index is 1.72. The summed E-state index contributed by atoms with van der Waals surface area (Å²) in [6.07, 6.45) is 0. The van der Waals surface area contributed by atoms with Crippen molar-refractivity contribution >= 4 is 23.2 Å². The summed E-state index contributed by atoms with van der Waals surface area (Å²) in [6, 6.07) is 23.9. The molecule has 26 heavy (non-hydrogen) atoms. The molecule has 4 N–H and O–H groups in total. The van der Waals surface area contributed by atoms with E-state index >= 15 is 0 Å². The van der Waals surface area contributed by atoms with E-state index in [2.05, 4.69) is 10.6 Å². The summed E-state index contributed by atoms with van der Waals surface area (Å²) >= 11 is 0. The number of nitrogens with one attached hydrogen (secondary N) is 2. The number of hydrogen-bond donors (Lipinski definition) is 3. The van der Waals surface area contributed by atoms with Crippen molar-refractivity contribution < 1.29 is 9.59 Å². The van der Waals surface area contributed by atoms with Crippen LogP contribution in [-0.2, 0) is 6.54 Å². The minimum Gasteiger partial charge on any atom is -0.366 e. The van der Waals surface area contributed by atoms with Crippen LogP contribution in [0.25, 0.3) is 0 Å². The molecule has 0 fully saturated rings. The Morgan fingerprint density at radius 2 is 1.58 bits per heavy atom. The van der Waals surface area contributed by atoms with Gasteiger partial charge in [-0.25, -0.2) is 0 Å². The van der Waals surface area contributed by atoms with Crippen molar-refractivity contribution in [1.82, 2.24) is 5.32 Å². The minimum absolute atomic E-state index is 0.200. The van der Waals surface area contributed by atoms with Crippen molar-refractivity contribution in [3.63, 3.8) is 0 Å². The van der Waals surface area contributed by atoms with E-state index in [1.807, 2.05) is 54.6 Å². The third kappa shape index (κ3) is 4.27. The summed E-state index contributed by atoms with van der Waals surface area (Å²) in [5.41, 5.74) is 8.69. The summed E-state index contributed by atoms with van der Waals surface area (Å²) in [5.74, 6) is -0.691. The van der Waals surface area contributed by atoms with Gasteiger partial charge >= 0.3 is 0 Å². The van der Waals surface area contributed by atoms with Crippen molar-refractivity contribution in [2.75, 3.05) is 5.32 Å². The molecule has 5 nitrogen and oxygen atoms in total. The van der Waals surface area contributed by atoms with Crippen LogP contribution in [0.2, 0.25) is 0 Å². The van der Waals surface area contributed by atoms with Crippen LogP contribution in [0.15, 0.2) is 78.9 Å². The third-order valence-corrected chi connectivity index (χ3v) is 3.89. The Hall–Kier alpha value is -3.60. The highest BCUT2D eigenvalue weighted by atomic mass is 16.2. The largest absolute Gasteiger partial charge is 0.366 e. The molecule has 0 aromatic heterocycles. The smallest absolute Gasteiger partial charge is 0.253 e. The zero-order chi connectivity index (χ0) is 18.4. The SMILES string of the molecule is NC(=O)c1cccc(CNC(=O)c2ccccc2Nc2ccccc2)c1. The van der Waals surface area contributed by atoms with Gasteiger partial charge in [0.25, 0.3) is 5.91 Å². The van der Waals surface area contributed by atoms with Crippen molar-refractivity contribution in [1.29, 1.82) is 0 Å². The molecule has 3 rings (SSSR count). The Labute approximate surface area is 151 Å². The van der Waals surface area contributed by atoms with Crippen LogP contribution in [0.4, 0.5) is 11.4 Å². The first kappa shape index (κ1) is 17.2. The molecule has 0 atom stereocenters. The van der Waals surface area contributed by atoms with Gasteiger partial charge in [-0.2, -0.15) is 0 Å². The maximum absolute atomic E-state index is 12.6. The Morgan fingerprint density at radius 1 is 0.846 bits per heavy atom. The van der Waals surface area contributed by atoms with E-state index in [-0.39, 0.29) is 5.91 Å². The number of primary amides is 1. The van der Waals surface area contributed by atoms with E-state index in [0.29, 0.717) is 17.7 Å². The highest BCUT2D eigenvalue weighted by molar-refractivity contribution is 6.00. The lowest BCUT2D eigenvalue weighted by Gasteiger charge is -2.12. The van der Waals surface area contributed by atoms with E-state index in [1.165, 1.54) is 0 Å². The fraction of sp³-hybridized carbons (Fsp3) is 0.0476. The van der Waals surface area contributed by atoms with Crippen LogP contribution in [0.3, 0.4) is 0 Å². The number of hydrogen-bond acceptors (Lipinski definition) is 3. The fourth-order valence-electron chi connectivity index (χ4n) is 2.58. The van der Waals surface area contributed by atoms with Crippen LogP contribution in [-0.4, -0.2) is 11.8 Å². The van der Waals surface area contributed by atoms with E-state index in [0.717, 1.165) is 16.9 Å². The predicted octanol–water partition coefficient (Wildman–Crippen LogP) is 3.46. The molecule has 0 heterocycles. The molecule has 5 heteroatoms. The standard InChI is InChI=1S/C21H19N3O2/c22-20(25)16-8-6-7-15(13-16)14-23-21(26)18-11-4-5-12-19(18)24-17-9-2-1-3-10-17/h1-13,24H,14H2,(H2,22,25)(H,23,26). The summed E-state index contributed by atoms with van der Waals surface area (Å²) in [6.45, 7) is 0.305. The van der Waals surface area contributed by atoms with Gasteiger partial charge in [-0.15, -0.1) is 0 Å². The molecule has 3 aromatic rings. The molecule has 3 aromatic carbocycles. The number of para-hydroxylation sites is 2. The summed E-state index contributed by atoms with van der Waals surface area (Å²) in [4.78, 5) is 23.9. The van der Waals surface area contributed by atoms with Crippen molar-refractivity contribution in [2.45, 2.75) is 6.54 Å². The normalized spacial score (nSPS) is 10.2. The summed E-state index contributed by atoms with van der Waals surface area (Å²) in [7, 11) is 0. The van der Waals surface area contributed by atoms with E-state index in [9.17, 15) is 9.59 Å². The molecular weight excluding hydrogens is 326 g/mol. The van der Waals surface area contributed by atoms with Gasteiger partial charge in [-0.3, -0.25) is 9.59 Å². The number of amides is 2.